The highest BCUT2D eigenvalue weighted by molar-refractivity contribution is 5.81. The van der Waals surface area contributed by atoms with Gasteiger partial charge in [0.15, 0.2) is 0 Å². The molecule has 2 unspecified atom stereocenters. The van der Waals surface area contributed by atoms with E-state index in [-0.39, 0.29) is 11.9 Å². The zero-order valence-electron chi connectivity index (χ0n) is 12.4. The zero-order valence-corrected chi connectivity index (χ0v) is 12.4. The van der Waals surface area contributed by atoms with Crippen LogP contribution in [0.15, 0.2) is 0 Å². The number of likely N-dealkylation sites (N-methyl/N-ethyl adjacent to an activating group) is 1. The lowest BCUT2D eigenvalue weighted by atomic mass is 10.1. The molecule has 0 aromatic heterocycles. The average molecular weight is 255 g/mol. The van der Waals surface area contributed by atoms with Crippen LogP contribution in [0.2, 0.25) is 0 Å². The van der Waals surface area contributed by atoms with Crippen LogP contribution in [0, 0.1) is 0 Å². The first-order chi connectivity index (χ1) is 8.54. The summed E-state index contributed by atoms with van der Waals surface area (Å²) in [7, 11) is 5.85. The number of hydrogen-bond donors (Lipinski definition) is 1. The van der Waals surface area contributed by atoms with Gasteiger partial charge in [0, 0.05) is 20.1 Å². The van der Waals surface area contributed by atoms with Gasteiger partial charge in [0.05, 0.1) is 6.04 Å². The van der Waals surface area contributed by atoms with Crippen molar-refractivity contribution in [3.63, 3.8) is 0 Å². The maximum absolute atomic E-state index is 11.8. The molecule has 1 heterocycles. The van der Waals surface area contributed by atoms with E-state index < -0.39 is 0 Å². The number of unbranched alkanes of at least 4 members (excludes halogenated alkanes) is 1. The van der Waals surface area contributed by atoms with Crippen molar-refractivity contribution in [1.29, 1.82) is 0 Å². The third-order valence-electron chi connectivity index (χ3n) is 3.73. The summed E-state index contributed by atoms with van der Waals surface area (Å²) in [6.45, 7) is 4.54. The second-order valence-corrected chi connectivity index (χ2v) is 5.67. The van der Waals surface area contributed by atoms with Crippen molar-refractivity contribution >= 4 is 5.91 Å². The fourth-order valence-electron chi connectivity index (χ4n) is 2.47. The number of amides is 1. The number of hydrogen-bond acceptors (Lipinski definition) is 3. The van der Waals surface area contributed by atoms with Crippen molar-refractivity contribution in [2.45, 2.75) is 51.1 Å². The highest BCUT2D eigenvalue weighted by Crippen LogP contribution is 2.16. The first kappa shape index (κ1) is 15.4. The van der Waals surface area contributed by atoms with Gasteiger partial charge in [0.25, 0.3) is 0 Å². The third-order valence-corrected chi connectivity index (χ3v) is 3.73. The molecule has 0 aromatic rings. The smallest absolute Gasteiger partial charge is 0.239 e. The van der Waals surface area contributed by atoms with Crippen LogP contribution in [0.3, 0.4) is 0 Å². The predicted molar refractivity (Wildman–Crippen MR) is 75.7 cm³/mol. The Morgan fingerprint density at radius 2 is 1.94 bits per heavy atom. The average Bonchev–Trinajstić information content (AvgIpc) is 2.81. The SMILES string of the molecule is CCCCN(C)CCC1CCC(C(=O)N(C)C)N1. The molecular weight excluding hydrogens is 226 g/mol. The van der Waals surface area contributed by atoms with Gasteiger partial charge in [0.2, 0.25) is 5.91 Å². The van der Waals surface area contributed by atoms with Gasteiger partial charge in [-0.15, -0.1) is 0 Å². The molecule has 0 aromatic carbocycles. The summed E-state index contributed by atoms with van der Waals surface area (Å²) in [5, 5.41) is 3.47. The van der Waals surface area contributed by atoms with Crippen molar-refractivity contribution in [3.8, 4) is 0 Å². The number of nitrogens with one attached hydrogen (secondary N) is 1. The molecule has 0 bridgehead atoms. The van der Waals surface area contributed by atoms with Crippen molar-refractivity contribution in [2.24, 2.45) is 0 Å². The van der Waals surface area contributed by atoms with Gasteiger partial charge < -0.3 is 15.1 Å². The Bertz CT molecular complexity index is 255. The fourth-order valence-corrected chi connectivity index (χ4v) is 2.47. The lowest BCUT2D eigenvalue weighted by molar-refractivity contribution is -0.130. The first-order valence-corrected chi connectivity index (χ1v) is 7.20. The van der Waals surface area contributed by atoms with Crippen molar-refractivity contribution in [1.82, 2.24) is 15.1 Å². The molecule has 18 heavy (non-hydrogen) atoms. The molecule has 106 valence electrons. The standard InChI is InChI=1S/C14H29N3O/c1-5-6-10-17(4)11-9-12-7-8-13(15-12)14(18)16(2)3/h12-13,15H,5-11H2,1-4H3. The van der Waals surface area contributed by atoms with Crippen LogP contribution in [0.25, 0.3) is 0 Å². The minimum atomic E-state index is 0.0472. The molecule has 1 aliphatic heterocycles. The normalized spacial score (nSPS) is 23.6. The molecule has 4 nitrogen and oxygen atoms in total. The van der Waals surface area contributed by atoms with Gasteiger partial charge in [-0.2, -0.15) is 0 Å². The molecule has 2 atom stereocenters. The Balaban J connectivity index is 2.20. The van der Waals surface area contributed by atoms with E-state index in [2.05, 4.69) is 24.2 Å². The number of carbonyl (C=O) groups excluding carboxylic acids is 1. The number of nitrogens with zero attached hydrogens (tertiary/aromatic N) is 2. The van der Waals surface area contributed by atoms with Crippen LogP contribution < -0.4 is 5.32 Å². The molecule has 1 N–H and O–H groups in total. The van der Waals surface area contributed by atoms with Crippen LogP contribution in [0.5, 0.6) is 0 Å². The summed E-state index contributed by atoms with van der Waals surface area (Å²) in [6.07, 6.45) is 5.80. The lowest BCUT2D eigenvalue weighted by Gasteiger charge is -2.20. The summed E-state index contributed by atoms with van der Waals surface area (Å²) < 4.78 is 0. The molecule has 4 heteroatoms. The van der Waals surface area contributed by atoms with Crippen LogP contribution in [-0.4, -0.2) is 62.0 Å². The Labute approximate surface area is 112 Å². The van der Waals surface area contributed by atoms with Gasteiger partial charge >= 0.3 is 0 Å². The first-order valence-electron chi connectivity index (χ1n) is 7.20. The topological polar surface area (TPSA) is 35.6 Å². The molecule has 0 spiro atoms. The highest BCUT2D eigenvalue weighted by atomic mass is 16.2. The quantitative estimate of drug-likeness (QED) is 0.745. The summed E-state index contributed by atoms with van der Waals surface area (Å²) in [5.41, 5.74) is 0. The number of carbonyl (C=O) groups is 1. The van der Waals surface area contributed by atoms with Gasteiger partial charge in [-0.05, 0) is 45.8 Å². The largest absolute Gasteiger partial charge is 0.347 e. The van der Waals surface area contributed by atoms with E-state index in [1.807, 2.05) is 14.1 Å². The second-order valence-electron chi connectivity index (χ2n) is 5.67. The number of rotatable bonds is 7. The van der Waals surface area contributed by atoms with Crippen LogP contribution in [0.1, 0.15) is 39.0 Å². The third kappa shape index (κ3) is 4.94. The summed E-state index contributed by atoms with van der Waals surface area (Å²) in [6, 6.07) is 0.564. The zero-order chi connectivity index (χ0) is 13.5. The van der Waals surface area contributed by atoms with Gasteiger partial charge in [-0.1, -0.05) is 13.3 Å². The van der Waals surface area contributed by atoms with E-state index >= 15 is 0 Å². The maximum atomic E-state index is 11.8. The Kier molecular flexibility index (Phi) is 6.65. The van der Waals surface area contributed by atoms with E-state index in [1.165, 1.54) is 19.4 Å². The van der Waals surface area contributed by atoms with Gasteiger partial charge in [0.1, 0.15) is 0 Å². The highest BCUT2D eigenvalue weighted by Gasteiger charge is 2.29. The summed E-state index contributed by atoms with van der Waals surface area (Å²) in [5.74, 6) is 0.219. The van der Waals surface area contributed by atoms with Crippen molar-refractivity contribution < 1.29 is 4.79 Å². The molecule has 1 saturated heterocycles. The minimum absolute atomic E-state index is 0.0472. The molecule has 0 aliphatic carbocycles. The van der Waals surface area contributed by atoms with Crippen LogP contribution in [-0.2, 0) is 4.79 Å². The Morgan fingerprint density at radius 1 is 1.22 bits per heavy atom. The monoisotopic (exact) mass is 255 g/mol. The molecule has 1 amide bonds. The second kappa shape index (κ2) is 7.74. The van der Waals surface area contributed by atoms with E-state index in [1.54, 1.807) is 4.90 Å². The Morgan fingerprint density at radius 3 is 2.56 bits per heavy atom. The molecule has 0 saturated carbocycles. The predicted octanol–water partition coefficient (Wildman–Crippen LogP) is 1.32. The van der Waals surface area contributed by atoms with Crippen LogP contribution >= 0.6 is 0 Å². The molecular formula is C14H29N3O. The minimum Gasteiger partial charge on any atom is -0.347 e. The van der Waals surface area contributed by atoms with Gasteiger partial charge in [-0.25, -0.2) is 0 Å². The van der Waals surface area contributed by atoms with E-state index in [0.717, 1.165) is 25.8 Å². The molecule has 1 rings (SSSR count). The van der Waals surface area contributed by atoms with Crippen LogP contribution in [0.4, 0.5) is 0 Å². The lowest BCUT2D eigenvalue weighted by Crippen LogP contribution is -2.42. The molecule has 1 fully saturated rings. The van der Waals surface area contributed by atoms with Gasteiger partial charge in [-0.3, -0.25) is 4.79 Å². The summed E-state index contributed by atoms with van der Waals surface area (Å²) in [4.78, 5) is 15.9. The molecule has 1 aliphatic rings. The maximum Gasteiger partial charge on any atom is 0.239 e. The van der Waals surface area contributed by atoms with E-state index in [0.29, 0.717) is 6.04 Å². The molecule has 0 radical (unpaired) electrons. The fraction of sp³-hybridized carbons (Fsp3) is 0.929. The van der Waals surface area contributed by atoms with E-state index in [4.69, 9.17) is 0 Å². The van der Waals surface area contributed by atoms with Crippen molar-refractivity contribution in [2.75, 3.05) is 34.2 Å². The van der Waals surface area contributed by atoms with Crippen molar-refractivity contribution in [3.05, 3.63) is 0 Å². The summed E-state index contributed by atoms with van der Waals surface area (Å²) >= 11 is 0. The Hall–Kier alpha value is -0.610. The van der Waals surface area contributed by atoms with E-state index in [9.17, 15) is 4.79 Å².